The first-order valence-electron chi connectivity index (χ1n) is 5.61. The smallest absolute Gasteiger partial charge is 0.283 e. The normalized spacial score (nSPS) is 10.1. The number of carbonyl (C=O) groups is 1. The number of rotatable bonds is 5. The molecule has 2 aromatic rings. The van der Waals surface area contributed by atoms with E-state index in [1.807, 2.05) is 30.3 Å². The largest absolute Gasteiger partial charge is 0.298 e. The van der Waals surface area contributed by atoms with E-state index < -0.39 is 4.92 Å². The Morgan fingerprint density at radius 2 is 1.84 bits per heavy atom. The van der Waals surface area contributed by atoms with Crippen molar-refractivity contribution in [1.29, 1.82) is 0 Å². The standard InChI is InChI=1S/C14H11NO3S/c16-9-12-7-4-8-13(15(17)18)14(12)19-10-11-5-2-1-3-6-11/h1-9H,10H2. The number of hydrogen-bond acceptors (Lipinski definition) is 4. The van der Waals surface area contributed by atoms with Crippen LogP contribution >= 0.6 is 11.8 Å². The van der Waals surface area contributed by atoms with Crippen LogP contribution in [-0.2, 0) is 5.75 Å². The lowest BCUT2D eigenvalue weighted by molar-refractivity contribution is -0.387. The van der Waals surface area contributed by atoms with Crippen LogP contribution in [0.2, 0.25) is 0 Å². The molecule has 0 saturated carbocycles. The zero-order valence-corrected chi connectivity index (χ0v) is 10.8. The summed E-state index contributed by atoms with van der Waals surface area (Å²) < 4.78 is 0. The van der Waals surface area contributed by atoms with E-state index in [-0.39, 0.29) is 5.69 Å². The number of nitro groups is 1. The van der Waals surface area contributed by atoms with E-state index in [2.05, 4.69) is 0 Å². The van der Waals surface area contributed by atoms with Crippen LogP contribution in [0.25, 0.3) is 0 Å². The van der Waals surface area contributed by atoms with Crippen LogP contribution in [0.5, 0.6) is 0 Å². The molecular formula is C14H11NO3S. The molecule has 0 aliphatic carbocycles. The summed E-state index contributed by atoms with van der Waals surface area (Å²) in [6.07, 6.45) is 0.653. The fourth-order valence-electron chi connectivity index (χ4n) is 1.67. The molecule has 2 aromatic carbocycles. The zero-order chi connectivity index (χ0) is 13.7. The average molecular weight is 273 g/mol. The summed E-state index contributed by atoms with van der Waals surface area (Å²) in [5.41, 5.74) is 1.39. The van der Waals surface area contributed by atoms with Gasteiger partial charge in [0.15, 0.2) is 6.29 Å². The summed E-state index contributed by atoms with van der Waals surface area (Å²) in [7, 11) is 0. The van der Waals surface area contributed by atoms with Gasteiger partial charge in [0.05, 0.1) is 9.82 Å². The van der Waals surface area contributed by atoms with E-state index in [4.69, 9.17) is 0 Å². The summed E-state index contributed by atoms with van der Waals surface area (Å²) in [6.45, 7) is 0. The topological polar surface area (TPSA) is 60.2 Å². The molecule has 0 N–H and O–H groups in total. The molecule has 0 heterocycles. The van der Waals surface area contributed by atoms with Crippen molar-refractivity contribution < 1.29 is 9.72 Å². The van der Waals surface area contributed by atoms with E-state index in [1.54, 1.807) is 6.07 Å². The predicted molar refractivity (Wildman–Crippen MR) is 74.5 cm³/mol. The van der Waals surface area contributed by atoms with Gasteiger partial charge in [0.1, 0.15) is 0 Å². The third kappa shape index (κ3) is 3.20. The molecule has 5 heteroatoms. The summed E-state index contributed by atoms with van der Waals surface area (Å²) in [5.74, 6) is 0.590. The van der Waals surface area contributed by atoms with Gasteiger partial charge in [-0.1, -0.05) is 42.5 Å². The predicted octanol–water partition coefficient (Wildman–Crippen LogP) is 3.70. The van der Waals surface area contributed by atoms with Gasteiger partial charge < -0.3 is 0 Å². The lowest BCUT2D eigenvalue weighted by Gasteiger charge is -2.05. The minimum absolute atomic E-state index is 0.0227. The van der Waals surface area contributed by atoms with Gasteiger partial charge in [-0.2, -0.15) is 0 Å². The molecule has 0 amide bonds. The molecule has 0 unspecified atom stereocenters. The van der Waals surface area contributed by atoms with Gasteiger partial charge in [-0.3, -0.25) is 14.9 Å². The van der Waals surface area contributed by atoms with Crippen LogP contribution in [-0.4, -0.2) is 11.2 Å². The van der Waals surface area contributed by atoms with E-state index in [0.29, 0.717) is 22.5 Å². The fraction of sp³-hybridized carbons (Fsp3) is 0.0714. The first-order valence-corrected chi connectivity index (χ1v) is 6.60. The van der Waals surface area contributed by atoms with E-state index in [9.17, 15) is 14.9 Å². The van der Waals surface area contributed by atoms with Gasteiger partial charge in [-0.05, 0) is 5.56 Å². The molecule has 0 aromatic heterocycles. The van der Waals surface area contributed by atoms with E-state index >= 15 is 0 Å². The molecule has 0 radical (unpaired) electrons. The molecule has 0 aliphatic heterocycles. The Labute approximate surface area is 114 Å². The van der Waals surface area contributed by atoms with Crippen LogP contribution in [0.1, 0.15) is 15.9 Å². The van der Waals surface area contributed by atoms with E-state index in [0.717, 1.165) is 5.56 Å². The second kappa shape index (κ2) is 6.15. The van der Waals surface area contributed by atoms with Crippen LogP contribution in [0, 0.1) is 10.1 Å². The SMILES string of the molecule is O=Cc1cccc([N+](=O)[O-])c1SCc1ccccc1. The van der Waals surface area contributed by atoms with E-state index in [1.165, 1.54) is 23.9 Å². The molecule has 19 heavy (non-hydrogen) atoms. The van der Waals surface area contributed by atoms with Gasteiger partial charge in [-0.25, -0.2) is 0 Å². The maximum absolute atomic E-state index is 11.0. The highest BCUT2D eigenvalue weighted by molar-refractivity contribution is 7.98. The molecular weight excluding hydrogens is 262 g/mol. The fourth-order valence-corrected chi connectivity index (χ4v) is 2.74. The first-order chi connectivity index (χ1) is 9.22. The maximum Gasteiger partial charge on any atom is 0.283 e. The van der Waals surface area contributed by atoms with Crippen molar-refractivity contribution in [3.8, 4) is 0 Å². The maximum atomic E-state index is 11.0. The van der Waals surface area contributed by atoms with Crippen molar-refractivity contribution >= 4 is 23.7 Å². The molecule has 0 bridgehead atoms. The highest BCUT2D eigenvalue weighted by Crippen LogP contribution is 2.33. The Morgan fingerprint density at radius 3 is 2.47 bits per heavy atom. The lowest BCUT2D eigenvalue weighted by atomic mass is 10.2. The summed E-state index contributed by atoms with van der Waals surface area (Å²) in [6, 6.07) is 14.2. The number of aldehydes is 1. The molecule has 4 nitrogen and oxygen atoms in total. The van der Waals surface area contributed by atoms with Gasteiger partial charge >= 0.3 is 0 Å². The van der Waals surface area contributed by atoms with Crippen LogP contribution in [0.4, 0.5) is 5.69 Å². The highest BCUT2D eigenvalue weighted by Gasteiger charge is 2.17. The quantitative estimate of drug-likeness (QED) is 0.361. The number of thioether (sulfide) groups is 1. The molecule has 0 spiro atoms. The molecule has 0 saturated heterocycles. The van der Waals surface area contributed by atoms with Crippen LogP contribution < -0.4 is 0 Å². The molecule has 0 fully saturated rings. The van der Waals surface area contributed by atoms with Crippen molar-refractivity contribution in [2.45, 2.75) is 10.6 Å². The van der Waals surface area contributed by atoms with Crippen molar-refractivity contribution in [1.82, 2.24) is 0 Å². The van der Waals surface area contributed by atoms with Gasteiger partial charge in [0.2, 0.25) is 0 Å². The van der Waals surface area contributed by atoms with Crippen molar-refractivity contribution in [3.63, 3.8) is 0 Å². The Kier molecular flexibility index (Phi) is 4.30. The van der Waals surface area contributed by atoms with Gasteiger partial charge in [0.25, 0.3) is 5.69 Å². The second-order valence-electron chi connectivity index (χ2n) is 3.84. The summed E-state index contributed by atoms with van der Waals surface area (Å²) >= 11 is 1.31. The van der Waals surface area contributed by atoms with Gasteiger partial charge in [-0.15, -0.1) is 11.8 Å². The number of nitro benzene ring substituents is 1. The second-order valence-corrected chi connectivity index (χ2v) is 4.83. The molecule has 2 rings (SSSR count). The third-order valence-electron chi connectivity index (χ3n) is 2.57. The lowest BCUT2D eigenvalue weighted by Crippen LogP contribution is -1.95. The van der Waals surface area contributed by atoms with Crippen molar-refractivity contribution in [2.75, 3.05) is 0 Å². The van der Waals surface area contributed by atoms with Crippen LogP contribution in [0.3, 0.4) is 0 Å². The molecule has 0 aliphatic rings. The average Bonchev–Trinajstić information content (AvgIpc) is 2.45. The van der Waals surface area contributed by atoms with Crippen molar-refractivity contribution in [3.05, 3.63) is 69.8 Å². The highest BCUT2D eigenvalue weighted by atomic mass is 32.2. The Balaban J connectivity index is 2.28. The van der Waals surface area contributed by atoms with Crippen LogP contribution in [0.15, 0.2) is 53.4 Å². The summed E-state index contributed by atoms with van der Waals surface area (Å²) in [4.78, 5) is 21.9. The Bertz CT molecular complexity index is 599. The number of carbonyl (C=O) groups excluding carboxylic acids is 1. The zero-order valence-electron chi connectivity index (χ0n) is 9.98. The molecule has 0 atom stereocenters. The Hall–Kier alpha value is -2.14. The number of benzene rings is 2. The Morgan fingerprint density at radius 1 is 1.11 bits per heavy atom. The van der Waals surface area contributed by atoms with Gasteiger partial charge in [0, 0.05) is 17.4 Å². The summed E-state index contributed by atoms with van der Waals surface area (Å²) in [5, 5.41) is 11.0. The number of nitrogens with zero attached hydrogens (tertiary/aromatic N) is 1. The van der Waals surface area contributed by atoms with Crippen molar-refractivity contribution in [2.24, 2.45) is 0 Å². The molecule has 96 valence electrons. The monoisotopic (exact) mass is 273 g/mol. The minimum Gasteiger partial charge on any atom is -0.298 e. The third-order valence-corrected chi connectivity index (χ3v) is 3.79. The first kappa shape index (κ1) is 13.3. The minimum atomic E-state index is -0.458. The number of hydrogen-bond donors (Lipinski definition) is 0.